The molecule has 0 saturated carbocycles. The van der Waals surface area contributed by atoms with E-state index in [1.165, 1.54) is 5.56 Å². The van der Waals surface area contributed by atoms with Gasteiger partial charge < -0.3 is 4.74 Å². The van der Waals surface area contributed by atoms with Gasteiger partial charge in [0.25, 0.3) is 0 Å². The van der Waals surface area contributed by atoms with Gasteiger partial charge in [-0.25, -0.2) is 4.39 Å². The summed E-state index contributed by atoms with van der Waals surface area (Å²) in [6, 6.07) is 17.2. The average Bonchev–Trinajstić information content (AvgIpc) is 2.63. The first-order valence-corrected chi connectivity index (χ1v) is 9.48. The molecular formula is C23H28FNO. The van der Waals surface area contributed by atoms with Crippen molar-refractivity contribution in [2.75, 3.05) is 13.2 Å². The molecule has 0 radical (unpaired) electrons. The molecule has 1 aliphatic heterocycles. The van der Waals surface area contributed by atoms with Crippen LogP contribution < -0.4 is 0 Å². The molecule has 0 amide bonds. The Bertz CT molecular complexity index is 709. The number of benzene rings is 2. The summed E-state index contributed by atoms with van der Waals surface area (Å²) in [5.74, 6) is 0.741. The van der Waals surface area contributed by atoms with Crippen LogP contribution in [-0.4, -0.2) is 25.0 Å². The normalized spacial score (nSPS) is 21.0. The molecule has 3 rings (SSSR count). The first-order valence-electron chi connectivity index (χ1n) is 9.48. The Morgan fingerprint density at radius 1 is 1.15 bits per heavy atom. The largest absolute Gasteiger partial charge is 0.376 e. The van der Waals surface area contributed by atoms with E-state index in [0.717, 1.165) is 38.0 Å². The fraction of sp³-hybridized carbons (Fsp3) is 0.435. The van der Waals surface area contributed by atoms with Crippen molar-refractivity contribution in [3.8, 4) is 0 Å². The molecule has 1 aliphatic rings. The second-order valence-corrected chi connectivity index (χ2v) is 7.75. The van der Waals surface area contributed by atoms with Gasteiger partial charge in [0.15, 0.2) is 0 Å². The van der Waals surface area contributed by atoms with Crippen molar-refractivity contribution in [2.45, 2.75) is 44.6 Å². The molecule has 1 saturated heterocycles. The quantitative estimate of drug-likeness (QED) is 0.617. The van der Waals surface area contributed by atoms with E-state index in [0.29, 0.717) is 11.8 Å². The topological polar surface area (TPSA) is 21.6 Å². The highest BCUT2D eigenvalue weighted by Gasteiger charge is 2.33. The predicted molar refractivity (Wildman–Crippen MR) is 105 cm³/mol. The summed E-state index contributed by atoms with van der Waals surface area (Å²) in [5.41, 5.74) is 2.25. The first kappa shape index (κ1) is 18.8. The molecule has 1 heterocycles. The zero-order valence-electron chi connectivity index (χ0n) is 15.7. The van der Waals surface area contributed by atoms with Gasteiger partial charge in [0, 0.05) is 19.4 Å². The molecule has 0 unspecified atom stereocenters. The van der Waals surface area contributed by atoms with Crippen molar-refractivity contribution in [1.82, 2.24) is 0 Å². The Morgan fingerprint density at radius 2 is 1.88 bits per heavy atom. The Labute approximate surface area is 156 Å². The molecule has 2 nitrogen and oxygen atoms in total. The van der Waals surface area contributed by atoms with E-state index in [-0.39, 0.29) is 11.4 Å². The molecule has 0 bridgehead atoms. The first-order chi connectivity index (χ1) is 12.5. The summed E-state index contributed by atoms with van der Waals surface area (Å²) in [7, 11) is 0. The SMILES string of the molecule is CC1(C)C[C@H]([C@@H](CCN=Cc2ccccc2)c2ccc(F)cc2)CCO1. The van der Waals surface area contributed by atoms with Crippen molar-refractivity contribution in [1.29, 1.82) is 0 Å². The van der Waals surface area contributed by atoms with Crippen LogP contribution in [0.5, 0.6) is 0 Å². The molecule has 138 valence electrons. The standard InChI is InChI=1S/C23H28FNO/c1-23(2)16-20(13-15-26-23)22(19-8-10-21(24)11-9-19)12-14-25-17-18-6-4-3-5-7-18/h3-11,17,20,22H,12-16H2,1-2H3/t20-,22+/m1/s1. The molecule has 26 heavy (non-hydrogen) atoms. The highest BCUT2D eigenvalue weighted by atomic mass is 19.1. The Balaban J connectivity index is 1.70. The van der Waals surface area contributed by atoms with Gasteiger partial charge >= 0.3 is 0 Å². The highest BCUT2D eigenvalue weighted by Crippen LogP contribution is 2.40. The Hall–Kier alpha value is -2.00. The van der Waals surface area contributed by atoms with Crippen LogP contribution in [0, 0.1) is 11.7 Å². The van der Waals surface area contributed by atoms with Crippen LogP contribution >= 0.6 is 0 Å². The van der Waals surface area contributed by atoms with E-state index in [1.807, 2.05) is 36.5 Å². The van der Waals surface area contributed by atoms with Crippen molar-refractivity contribution < 1.29 is 9.13 Å². The number of ether oxygens (including phenoxy) is 1. The lowest BCUT2D eigenvalue weighted by Crippen LogP contribution is -2.36. The summed E-state index contributed by atoms with van der Waals surface area (Å²) in [4.78, 5) is 4.63. The monoisotopic (exact) mass is 353 g/mol. The van der Waals surface area contributed by atoms with Crippen LogP contribution in [0.3, 0.4) is 0 Å². The lowest BCUT2D eigenvalue weighted by atomic mass is 9.75. The number of rotatable bonds is 6. The van der Waals surface area contributed by atoms with Crippen molar-refractivity contribution >= 4 is 6.21 Å². The number of halogens is 1. The molecule has 3 heteroatoms. The maximum Gasteiger partial charge on any atom is 0.123 e. The lowest BCUT2D eigenvalue weighted by Gasteiger charge is -2.39. The van der Waals surface area contributed by atoms with E-state index < -0.39 is 0 Å². The van der Waals surface area contributed by atoms with Crippen LogP contribution in [0.1, 0.15) is 50.2 Å². The fourth-order valence-electron chi connectivity index (χ4n) is 3.93. The van der Waals surface area contributed by atoms with E-state index in [4.69, 9.17) is 4.74 Å². The summed E-state index contributed by atoms with van der Waals surface area (Å²) in [6.45, 7) is 5.89. The maximum absolute atomic E-state index is 13.4. The van der Waals surface area contributed by atoms with Crippen LogP contribution in [0.15, 0.2) is 59.6 Å². The van der Waals surface area contributed by atoms with E-state index >= 15 is 0 Å². The fourth-order valence-corrected chi connectivity index (χ4v) is 3.93. The van der Waals surface area contributed by atoms with Gasteiger partial charge in [-0.1, -0.05) is 42.5 Å². The van der Waals surface area contributed by atoms with E-state index in [1.54, 1.807) is 12.1 Å². The predicted octanol–water partition coefficient (Wildman–Crippen LogP) is 5.62. The van der Waals surface area contributed by atoms with Gasteiger partial charge in [-0.05, 0) is 68.2 Å². The Morgan fingerprint density at radius 3 is 2.58 bits per heavy atom. The lowest BCUT2D eigenvalue weighted by molar-refractivity contribution is -0.0771. The number of nitrogens with zero attached hydrogens (tertiary/aromatic N) is 1. The Kier molecular flexibility index (Phi) is 6.20. The van der Waals surface area contributed by atoms with Crippen LogP contribution in [0.2, 0.25) is 0 Å². The summed E-state index contributed by atoms with van der Waals surface area (Å²) < 4.78 is 19.3. The van der Waals surface area contributed by atoms with Gasteiger partial charge in [0.1, 0.15) is 5.82 Å². The second kappa shape index (κ2) is 8.59. The molecule has 0 N–H and O–H groups in total. The average molecular weight is 353 g/mol. The number of hydrogen-bond donors (Lipinski definition) is 0. The third kappa shape index (κ3) is 5.25. The third-order valence-corrected chi connectivity index (χ3v) is 5.21. The molecule has 2 aromatic carbocycles. The summed E-state index contributed by atoms with van der Waals surface area (Å²) in [6.07, 6.45) is 4.98. The van der Waals surface area contributed by atoms with Crippen molar-refractivity contribution in [3.63, 3.8) is 0 Å². The van der Waals surface area contributed by atoms with E-state index in [9.17, 15) is 4.39 Å². The molecule has 0 aliphatic carbocycles. The molecular weight excluding hydrogens is 325 g/mol. The number of hydrogen-bond acceptors (Lipinski definition) is 2. The van der Waals surface area contributed by atoms with E-state index in [2.05, 4.69) is 31.0 Å². The maximum atomic E-state index is 13.4. The van der Waals surface area contributed by atoms with Gasteiger partial charge in [-0.15, -0.1) is 0 Å². The minimum Gasteiger partial charge on any atom is -0.376 e. The van der Waals surface area contributed by atoms with Gasteiger partial charge in [0.05, 0.1) is 5.60 Å². The van der Waals surface area contributed by atoms with Crippen LogP contribution in [0.4, 0.5) is 4.39 Å². The van der Waals surface area contributed by atoms with Gasteiger partial charge in [-0.3, -0.25) is 4.99 Å². The summed E-state index contributed by atoms with van der Waals surface area (Å²) >= 11 is 0. The molecule has 1 fully saturated rings. The minimum absolute atomic E-state index is 0.0888. The van der Waals surface area contributed by atoms with Crippen LogP contribution in [0.25, 0.3) is 0 Å². The highest BCUT2D eigenvalue weighted by molar-refractivity contribution is 5.79. The molecule has 2 atom stereocenters. The zero-order valence-corrected chi connectivity index (χ0v) is 15.7. The molecule has 0 spiro atoms. The molecule has 0 aromatic heterocycles. The molecule has 2 aromatic rings. The summed E-state index contributed by atoms with van der Waals surface area (Å²) in [5, 5.41) is 0. The van der Waals surface area contributed by atoms with Crippen LogP contribution in [-0.2, 0) is 4.74 Å². The third-order valence-electron chi connectivity index (χ3n) is 5.21. The van der Waals surface area contributed by atoms with Crippen molar-refractivity contribution in [3.05, 3.63) is 71.5 Å². The smallest absolute Gasteiger partial charge is 0.123 e. The minimum atomic E-state index is -0.179. The van der Waals surface area contributed by atoms with Gasteiger partial charge in [0.2, 0.25) is 0 Å². The number of aliphatic imine (C=N–C) groups is 1. The second-order valence-electron chi connectivity index (χ2n) is 7.75. The zero-order chi connectivity index (χ0) is 18.4. The van der Waals surface area contributed by atoms with Crippen molar-refractivity contribution in [2.24, 2.45) is 10.9 Å². The van der Waals surface area contributed by atoms with Gasteiger partial charge in [-0.2, -0.15) is 0 Å².